The summed E-state index contributed by atoms with van der Waals surface area (Å²) in [5.74, 6) is 0.0311. The summed E-state index contributed by atoms with van der Waals surface area (Å²) in [6, 6.07) is 7.38. The van der Waals surface area contributed by atoms with Gasteiger partial charge in [-0.1, -0.05) is 38.1 Å². The summed E-state index contributed by atoms with van der Waals surface area (Å²) in [4.78, 5) is 11.8. The Bertz CT molecular complexity index is 485. The van der Waals surface area contributed by atoms with Gasteiger partial charge < -0.3 is 15.6 Å². The maximum absolute atomic E-state index is 11.8. The Kier molecular flexibility index (Phi) is 10.2. The number of benzene rings is 1. The van der Waals surface area contributed by atoms with E-state index in [4.69, 9.17) is 15.6 Å². The van der Waals surface area contributed by atoms with E-state index in [0.29, 0.717) is 12.1 Å². The van der Waals surface area contributed by atoms with Gasteiger partial charge in [0.25, 0.3) is 0 Å². The molecule has 1 rings (SSSR count). The van der Waals surface area contributed by atoms with Gasteiger partial charge in [0.2, 0.25) is 0 Å². The van der Waals surface area contributed by atoms with Crippen LogP contribution in [0, 0.1) is 50.0 Å². The fraction of sp³-hybridized carbons (Fsp3) is 0.471. The minimum atomic E-state index is -0.545. The summed E-state index contributed by atoms with van der Waals surface area (Å²) in [6.07, 6.45) is 3.68. The van der Waals surface area contributed by atoms with Crippen LogP contribution in [0.4, 0.5) is 5.69 Å². The van der Waals surface area contributed by atoms with Crippen LogP contribution in [0.15, 0.2) is 36.6 Å². The SMILES string of the molecule is CO[C@@](CCc1ccc([NH-])cc1)(CC(=O)/C=C/O)C(C)C.[Ac]. The molecule has 0 amide bonds. The van der Waals surface area contributed by atoms with Gasteiger partial charge in [-0.15, -0.1) is 5.69 Å². The molecular formula is C17H24AcNO3-. The van der Waals surface area contributed by atoms with Crippen molar-refractivity contribution in [1.29, 1.82) is 0 Å². The van der Waals surface area contributed by atoms with Gasteiger partial charge in [-0.2, -0.15) is 0 Å². The molecule has 1 aromatic rings. The molecule has 4 nitrogen and oxygen atoms in total. The van der Waals surface area contributed by atoms with Crippen molar-refractivity contribution in [1.82, 2.24) is 0 Å². The minimum absolute atomic E-state index is 0. The van der Waals surface area contributed by atoms with Crippen LogP contribution in [0.5, 0.6) is 0 Å². The fourth-order valence-electron chi connectivity index (χ4n) is 2.46. The number of aryl methyl sites for hydroxylation is 1. The van der Waals surface area contributed by atoms with Crippen molar-refractivity contribution in [3.05, 3.63) is 47.9 Å². The van der Waals surface area contributed by atoms with Crippen LogP contribution in [0.25, 0.3) is 5.73 Å². The van der Waals surface area contributed by atoms with Crippen molar-refractivity contribution in [3.8, 4) is 0 Å². The number of hydrogen-bond acceptors (Lipinski definition) is 3. The number of carbonyl (C=O) groups is 1. The van der Waals surface area contributed by atoms with E-state index in [0.717, 1.165) is 18.2 Å². The molecular weight excluding hydrogens is 493 g/mol. The topological polar surface area (TPSA) is 70.3 Å². The first-order chi connectivity index (χ1) is 9.93. The van der Waals surface area contributed by atoms with E-state index in [9.17, 15) is 4.79 Å². The first-order valence-electron chi connectivity index (χ1n) is 7.13. The van der Waals surface area contributed by atoms with Crippen molar-refractivity contribution in [2.24, 2.45) is 5.92 Å². The third-order valence-electron chi connectivity index (χ3n) is 3.98. The third-order valence-corrected chi connectivity index (χ3v) is 3.98. The van der Waals surface area contributed by atoms with Crippen LogP contribution in [-0.2, 0) is 16.0 Å². The molecule has 0 aliphatic heterocycles. The zero-order valence-electron chi connectivity index (χ0n) is 13.5. The van der Waals surface area contributed by atoms with E-state index in [1.807, 2.05) is 26.0 Å². The smallest absolute Gasteiger partial charge is 0.161 e. The number of aliphatic hydroxyl groups is 1. The molecule has 0 heterocycles. The van der Waals surface area contributed by atoms with Crippen LogP contribution in [0.1, 0.15) is 32.3 Å². The van der Waals surface area contributed by atoms with Gasteiger partial charge in [-0.3, -0.25) is 4.79 Å². The molecule has 0 bridgehead atoms. The first-order valence-corrected chi connectivity index (χ1v) is 7.13. The first kappa shape index (κ1) is 21.6. The molecule has 0 saturated carbocycles. The van der Waals surface area contributed by atoms with Gasteiger partial charge in [-0.25, -0.2) is 0 Å². The van der Waals surface area contributed by atoms with Crippen LogP contribution in [0.3, 0.4) is 0 Å². The largest absolute Gasteiger partial charge is 0.699 e. The number of carbonyl (C=O) groups excluding carboxylic acids is 1. The molecule has 22 heavy (non-hydrogen) atoms. The number of ether oxygens (including phenoxy) is 1. The van der Waals surface area contributed by atoms with Crippen molar-refractivity contribution in [3.63, 3.8) is 0 Å². The van der Waals surface area contributed by atoms with Gasteiger partial charge >= 0.3 is 0 Å². The Balaban J connectivity index is 0.00000441. The Labute approximate surface area is 168 Å². The molecule has 0 aliphatic carbocycles. The minimum Gasteiger partial charge on any atom is -0.699 e. The van der Waals surface area contributed by atoms with Crippen LogP contribution in [0.2, 0.25) is 0 Å². The van der Waals surface area contributed by atoms with Gasteiger partial charge in [0.05, 0.1) is 11.9 Å². The second kappa shape index (κ2) is 10.4. The Morgan fingerprint density at radius 3 is 2.41 bits per heavy atom. The predicted octanol–water partition coefficient (Wildman–Crippen LogP) is 4.38. The zero-order valence-corrected chi connectivity index (χ0v) is 18.2. The normalized spacial score (nSPS) is 13.8. The summed E-state index contributed by atoms with van der Waals surface area (Å²) in [5.41, 5.74) is 8.56. The maximum Gasteiger partial charge on any atom is 0.161 e. The Morgan fingerprint density at radius 2 is 1.95 bits per heavy atom. The summed E-state index contributed by atoms with van der Waals surface area (Å²) >= 11 is 0. The molecule has 0 spiro atoms. The van der Waals surface area contributed by atoms with Gasteiger partial charge in [0, 0.05) is 63.7 Å². The molecule has 0 aliphatic rings. The monoisotopic (exact) mass is 517 g/mol. The van der Waals surface area contributed by atoms with Gasteiger partial charge in [0.1, 0.15) is 0 Å². The average molecular weight is 517 g/mol. The van der Waals surface area contributed by atoms with E-state index >= 15 is 0 Å². The number of methoxy groups -OCH3 is 1. The second-order valence-electron chi connectivity index (χ2n) is 5.58. The summed E-state index contributed by atoms with van der Waals surface area (Å²) in [7, 11) is 1.63. The Hall–Kier alpha value is -0.368. The number of hydrogen-bond donors (Lipinski definition) is 1. The number of ketones is 1. The molecule has 0 fully saturated rings. The average Bonchev–Trinajstić information content (AvgIpc) is 2.45. The quantitative estimate of drug-likeness (QED) is 0.411. The molecule has 0 aromatic heterocycles. The van der Waals surface area contributed by atoms with E-state index in [1.165, 1.54) is 6.08 Å². The maximum atomic E-state index is 11.8. The van der Waals surface area contributed by atoms with E-state index in [1.54, 1.807) is 19.2 Å². The van der Waals surface area contributed by atoms with Crippen molar-refractivity contribution in [2.75, 3.05) is 7.11 Å². The van der Waals surface area contributed by atoms with Crippen LogP contribution < -0.4 is 0 Å². The molecule has 5 heteroatoms. The van der Waals surface area contributed by atoms with Crippen molar-refractivity contribution >= 4 is 11.5 Å². The van der Waals surface area contributed by atoms with Crippen LogP contribution >= 0.6 is 0 Å². The summed E-state index contributed by atoms with van der Waals surface area (Å²) < 4.78 is 5.69. The number of allylic oxidation sites excluding steroid dienone is 1. The summed E-state index contributed by atoms with van der Waals surface area (Å²) in [5, 5.41) is 8.72. The van der Waals surface area contributed by atoms with Crippen LogP contribution in [-0.4, -0.2) is 23.6 Å². The standard InChI is InChI=1S/C17H24NO3.Ac/c1-13(2)17(21-3,12-16(20)9-11-19)10-8-14-4-6-15(18)7-5-14;/h4-7,9,11,13,18H,8,10,12H2,1-3H3,(H,19,20);/q-1;/t17-;/m0./s1. The molecule has 0 unspecified atom stereocenters. The third kappa shape index (κ3) is 6.40. The molecule has 1 radical (unpaired) electrons. The number of nitrogens with one attached hydrogen (secondary N) is 1. The zero-order chi connectivity index (χ0) is 15.9. The fourth-order valence-corrected chi connectivity index (χ4v) is 2.46. The molecule has 2 N–H and O–H groups in total. The van der Waals surface area contributed by atoms with E-state index in [-0.39, 0.29) is 62.2 Å². The van der Waals surface area contributed by atoms with Gasteiger partial charge in [-0.05, 0) is 24.3 Å². The van der Waals surface area contributed by atoms with Gasteiger partial charge in [0.15, 0.2) is 5.78 Å². The molecule has 1 atom stereocenters. The van der Waals surface area contributed by atoms with Crippen molar-refractivity contribution in [2.45, 2.75) is 38.7 Å². The second-order valence-corrected chi connectivity index (χ2v) is 5.58. The molecule has 119 valence electrons. The number of rotatable bonds is 8. The molecule has 1 aromatic carbocycles. The molecule has 0 saturated heterocycles. The number of aliphatic hydroxyl groups excluding tert-OH is 1. The Morgan fingerprint density at radius 1 is 1.36 bits per heavy atom. The van der Waals surface area contributed by atoms with Crippen molar-refractivity contribution < 1.29 is 58.7 Å². The van der Waals surface area contributed by atoms with E-state index < -0.39 is 5.60 Å². The predicted molar refractivity (Wildman–Crippen MR) is 84.7 cm³/mol. The summed E-state index contributed by atoms with van der Waals surface area (Å²) in [6.45, 7) is 4.07. The van der Waals surface area contributed by atoms with E-state index in [2.05, 4.69) is 0 Å².